The number of aromatic amines is 1. The number of ether oxygens (including phenoxy) is 2. The summed E-state index contributed by atoms with van der Waals surface area (Å²) in [6, 6.07) is 1.75. The van der Waals surface area contributed by atoms with E-state index < -0.39 is 0 Å². The number of hydrogen-bond donors (Lipinski definition) is 4. The molecule has 2 rings (SSSR count). The monoisotopic (exact) mass is 412 g/mol. The number of rotatable bonds is 9. The number of H-pyrrole nitrogens is 1. The Labute approximate surface area is 170 Å². The molecule has 0 bridgehead atoms. The molecule has 10 nitrogen and oxygen atoms in total. The quantitative estimate of drug-likeness (QED) is 0.443. The topological polar surface area (TPSA) is 143 Å². The molecule has 10 heteroatoms. The Morgan fingerprint density at radius 2 is 2.14 bits per heavy atom. The van der Waals surface area contributed by atoms with Gasteiger partial charge in [0.05, 0.1) is 36.7 Å². The van der Waals surface area contributed by atoms with E-state index in [1.165, 1.54) is 6.92 Å². The Morgan fingerprint density at radius 3 is 2.76 bits per heavy atom. The summed E-state index contributed by atoms with van der Waals surface area (Å²) in [6.45, 7) is 4.80. The lowest BCUT2D eigenvalue weighted by Crippen LogP contribution is -2.50. The number of carboxylic acid groups (broad SMARTS) is 1. The van der Waals surface area contributed by atoms with Gasteiger partial charge in [-0.05, 0) is 31.7 Å². The average molecular weight is 412 g/mol. The number of nitrogens with one attached hydrogen (secondary N) is 3. The fourth-order valence-corrected chi connectivity index (χ4v) is 3.31. The SMILES string of the molecule is CCCO[C@@H]1CC[C@H](C(=O)NCc2cc(COC)n[nH]2)C[C@H]1NC(C)=O.O=CO. The zero-order chi connectivity index (χ0) is 21.6. The molecule has 1 aromatic rings. The van der Waals surface area contributed by atoms with E-state index in [0.717, 1.165) is 30.7 Å². The highest BCUT2D eigenvalue weighted by atomic mass is 16.5. The normalized spacial score (nSPS) is 20.9. The van der Waals surface area contributed by atoms with Gasteiger partial charge in [0.2, 0.25) is 11.8 Å². The smallest absolute Gasteiger partial charge is 0.290 e. The van der Waals surface area contributed by atoms with Gasteiger partial charge in [-0.15, -0.1) is 0 Å². The van der Waals surface area contributed by atoms with Gasteiger partial charge in [0.25, 0.3) is 6.47 Å². The highest BCUT2D eigenvalue weighted by Crippen LogP contribution is 2.27. The number of hydrogen-bond acceptors (Lipinski definition) is 6. The maximum Gasteiger partial charge on any atom is 0.290 e. The second-order valence-corrected chi connectivity index (χ2v) is 6.87. The van der Waals surface area contributed by atoms with E-state index in [9.17, 15) is 9.59 Å². The van der Waals surface area contributed by atoms with Crippen molar-refractivity contribution < 1.29 is 29.0 Å². The average Bonchev–Trinajstić information content (AvgIpc) is 3.13. The van der Waals surface area contributed by atoms with E-state index in [-0.39, 0.29) is 36.4 Å². The fraction of sp³-hybridized carbons (Fsp3) is 0.684. The predicted molar refractivity (Wildman–Crippen MR) is 105 cm³/mol. The first kappa shape index (κ1) is 24.6. The third kappa shape index (κ3) is 9.05. The number of carbonyl (C=O) groups is 3. The molecule has 0 saturated heterocycles. The van der Waals surface area contributed by atoms with Crippen LogP contribution in [-0.2, 0) is 37.0 Å². The van der Waals surface area contributed by atoms with Gasteiger partial charge in [-0.1, -0.05) is 6.92 Å². The van der Waals surface area contributed by atoms with Crippen molar-refractivity contribution in [2.75, 3.05) is 13.7 Å². The molecule has 164 valence electrons. The van der Waals surface area contributed by atoms with Crippen LogP contribution in [0.1, 0.15) is 50.9 Å². The maximum absolute atomic E-state index is 12.5. The van der Waals surface area contributed by atoms with E-state index in [4.69, 9.17) is 19.4 Å². The number of carbonyl (C=O) groups excluding carboxylic acids is 2. The van der Waals surface area contributed by atoms with Crippen LogP contribution in [0.2, 0.25) is 0 Å². The van der Waals surface area contributed by atoms with Gasteiger partial charge in [0, 0.05) is 26.6 Å². The van der Waals surface area contributed by atoms with Crippen molar-refractivity contribution in [1.29, 1.82) is 0 Å². The maximum atomic E-state index is 12.5. The molecule has 29 heavy (non-hydrogen) atoms. The number of nitrogens with zero attached hydrogens (tertiary/aromatic N) is 1. The highest BCUT2D eigenvalue weighted by molar-refractivity contribution is 5.79. The van der Waals surface area contributed by atoms with E-state index in [0.29, 0.717) is 26.2 Å². The molecule has 1 aliphatic carbocycles. The van der Waals surface area contributed by atoms with E-state index in [2.05, 4.69) is 27.8 Å². The van der Waals surface area contributed by atoms with Crippen molar-refractivity contribution in [3.8, 4) is 0 Å². The molecular formula is C19H32N4O6. The Morgan fingerprint density at radius 1 is 1.41 bits per heavy atom. The van der Waals surface area contributed by atoms with Crippen LogP contribution in [0.25, 0.3) is 0 Å². The van der Waals surface area contributed by atoms with Crippen LogP contribution in [0.4, 0.5) is 0 Å². The molecule has 2 amide bonds. The van der Waals surface area contributed by atoms with Crippen LogP contribution in [0, 0.1) is 5.92 Å². The molecule has 3 atom stereocenters. The molecule has 4 N–H and O–H groups in total. The van der Waals surface area contributed by atoms with E-state index in [1.54, 1.807) is 7.11 Å². The molecule has 1 fully saturated rings. The molecule has 1 heterocycles. The van der Waals surface area contributed by atoms with Crippen molar-refractivity contribution in [2.45, 2.75) is 64.8 Å². The zero-order valence-electron chi connectivity index (χ0n) is 17.3. The van der Waals surface area contributed by atoms with E-state index >= 15 is 0 Å². The fourth-order valence-electron chi connectivity index (χ4n) is 3.31. The minimum atomic E-state index is -0.250. The van der Waals surface area contributed by atoms with Crippen molar-refractivity contribution in [1.82, 2.24) is 20.8 Å². The Bertz CT molecular complexity index is 636. The first-order valence-corrected chi connectivity index (χ1v) is 9.71. The molecule has 0 aromatic carbocycles. The molecular weight excluding hydrogens is 380 g/mol. The van der Waals surface area contributed by atoms with Crippen LogP contribution >= 0.6 is 0 Å². The summed E-state index contributed by atoms with van der Waals surface area (Å²) in [4.78, 5) is 32.4. The lowest BCUT2D eigenvalue weighted by molar-refractivity contribution is -0.130. The molecule has 0 spiro atoms. The Hall–Kier alpha value is -2.46. The Balaban J connectivity index is 0.00000132. The second-order valence-electron chi connectivity index (χ2n) is 6.87. The van der Waals surface area contributed by atoms with Gasteiger partial charge in [0.1, 0.15) is 0 Å². The summed E-state index contributed by atoms with van der Waals surface area (Å²) in [5.74, 6) is -0.226. The standard InChI is InChI=1S/C18H30N4O4.CH2O2/c1-4-7-26-17-6-5-13(8-16(17)20-12(2)23)18(24)19-10-14-9-15(11-25-3)22-21-14;2-1-3/h9,13,16-17H,4-8,10-11H2,1-3H3,(H,19,24)(H,20,23)(H,21,22);1H,(H,2,3)/t13-,16+,17+;/m0./s1. The van der Waals surface area contributed by atoms with Gasteiger partial charge in [-0.2, -0.15) is 5.10 Å². The summed E-state index contributed by atoms with van der Waals surface area (Å²) in [5, 5.41) is 19.8. The minimum Gasteiger partial charge on any atom is -0.483 e. The number of aromatic nitrogens is 2. The third-order valence-corrected chi connectivity index (χ3v) is 4.51. The van der Waals surface area contributed by atoms with Crippen molar-refractivity contribution in [2.24, 2.45) is 5.92 Å². The zero-order valence-corrected chi connectivity index (χ0v) is 17.3. The number of methoxy groups -OCH3 is 1. The summed E-state index contributed by atoms with van der Waals surface area (Å²) in [5.41, 5.74) is 1.64. The van der Waals surface area contributed by atoms with Crippen LogP contribution in [0.5, 0.6) is 0 Å². The lowest BCUT2D eigenvalue weighted by Gasteiger charge is -2.35. The van der Waals surface area contributed by atoms with Crippen LogP contribution < -0.4 is 10.6 Å². The van der Waals surface area contributed by atoms with Crippen LogP contribution in [-0.4, -0.2) is 59.5 Å². The third-order valence-electron chi connectivity index (χ3n) is 4.51. The van der Waals surface area contributed by atoms with Gasteiger partial charge >= 0.3 is 0 Å². The van der Waals surface area contributed by atoms with Gasteiger partial charge in [0.15, 0.2) is 0 Å². The van der Waals surface area contributed by atoms with Gasteiger partial charge in [-0.3, -0.25) is 19.5 Å². The Kier molecular flexibility index (Phi) is 11.6. The molecule has 1 aromatic heterocycles. The summed E-state index contributed by atoms with van der Waals surface area (Å²) < 4.78 is 10.9. The summed E-state index contributed by atoms with van der Waals surface area (Å²) in [7, 11) is 1.61. The van der Waals surface area contributed by atoms with Crippen LogP contribution in [0.3, 0.4) is 0 Å². The van der Waals surface area contributed by atoms with Crippen molar-refractivity contribution in [3.63, 3.8) is 0 Å². The molecule has 0 unspecified atom stereocenters. The predicted octanol–water partition coefficient (Wildman–Crippen LogP) is 0.973. The van der Waals surface area contributed by atoms with Gasteiger partial charge in [-0.25, -0.2) is 0 Å². The molecule has 0 aliphatic heterocycles. The van der Waals surface area contributed by atoms with Crippen molar-refractivity contribution in [3.05, 3.63) is 17.5 Å². The largest absolute Gasteiger partial charge is 0.483 e. The molecule has 0 radical (unpaired) electrons. The first-order chi connectivity index (χ1) is 13.9. The molecule has 1 saturated carbocycles. The van der Waals surface area contributed by atoms with Gasteiger partial charge < -0.3 is 25.2 Å². The summed E-state index contributed by atoms with van der Waals surface area (Å²) in [6.07, 6.45) is 3.03. The van der Waals surface area contributed by atoms with Crippen molar-refractivity contribution >= 4 is 18.3 Å². The number of amides is 2. The second kappa shape index (κ2) is 13.7. The molecule has 1 aliphatic rings. The minimum absolute atomic E-state index is 0.00261. The first-order valence-electron chi connectivity index (χ1n) is 9.71. The van der Waals surface area contributed by atoms with Crippen LogP contribution in [0.15, 0.2) is 6.07 Å². The van der Waals surface area contributed by atoms with E-state index in [1.807, 2.05) is 6.07 Å². The lowest BCUT2D eigenvalue weighted by atomic mass is 9.83. The summed E-state index contributed by atoms with van der Waals surface area (Å²) >= 11 is 0. The highest BCUT2D eigenvalue weighted by Gasteiger charge is 2.34.